The Bertz CT molecular complexity index is 806. The molecule has 0 fully saturated rings. The van der Waals surface area contributed by atoms with Gasteiger partial charge >= 0.3 is 5.76 Å². The molecule has 6 heteroatoms. The molecule has 0 aliphatic carbocycles. The van der Waals surface area contributed by atoms with Gasteiger partial charge in [0.15, 0.2) is 5.82 Å². The van der Waals surface area contributed by atoms with Crippen LogP contribution in [0.2, 0.25) is 0 Å². The summed E-state index contributed by atoms with van der Waals surface area (Å²) in [7, 11) is 0. The van der Waals surface area contributed by atoms with E-state index in [4.69, 9.17) is 0 Å². The molecule has 0 spiro atoms. The summed E-state index contributed by atoms with van der Waals surface area (Å²) in [5.74, 6) is 0.485. The summed E-state index contributed by atoms with van der Waals surface area (Å²) < 4.78 is 4.61. The third kappa shape index (κ3) is 2.74. The second-order valence-corrected chi connectivity index (χ2v) is 4.95. The molecule has 0 unspecified atom stereocenters. The zero-order valence-electron chi connectivity index (χ0n) is 11.7. The van der Waals surface area contributed by atoms with E-state index in [2.05, 4.69) is 24.6 Å². The van der Waals surface area contributed by atoms with Crippen molar-refractivity contribution >= 4 is 0 Å². The first kappa shape index (κ1) is 13.2. The Hall–Kier alpha value is -2.76. The Labute approximate surface area is 120 Å². The average Bonchev–Trinajstić information content (AvgIpc) is 2.94. The normalized spacial score (nSPS) is 11.0. The number of H-pyrrole nitrogens is 1. The molecule has 6 nitrogen and oxygen atoms in total. The standard InChI is InChI=1S/C15H14N4O2/c1-9(2)13-16-11(10-6-4-3-5-7-10)8-12(17-13)14-18-15(20)21-19-14/h3-9H,1-2H3,(H,18,19,20). The topological polar surface area (TPSA) is 84.7 Å². The van der Waals surface area contributed by atoms with Crippen LogP contribution in [-0.4, -0.2) is 20.1 Å². The van der Waals surface area contributed by atoms with Crippen molar-refractivity contribution in [3.8, 4) is 22.8 Å². The van der Waals surface area contributed by atoms with E-state index >= 15 is 0 Å². The van der Waals surface area contributed by atoms with Crippen molar-refractivity contribution < 1.29 is 4.52 Å². The monoisotopic (exact) mass is 282 g/mol. The molecular weight excluding hydrogens is 268 g/mol. The van der Waals surface area contributed by atoms with Crippen LogP contribution >= 0.6 is 0 Å². The molecule has 0 saturated carbocycles. The van der Waals surface area contributed by atoms with Crippen LogP contribution in [0.3, 0.4) is 0 Å². The Morgan fingerprint density at radius 1 is 1.05 bits per heavy atom. The lowest BCUT2D eigenvalue weighted by molar-refractivity contribution is 0.387. The smallest absolute Gasteiger partial charge is 0.321 e. The van der Waals surface area contributed by atoms with E-state index in [1.165, 1.54) is 0 Å². The maximum absolute atomic E-state index is 11.1. The van der Waals surface area contributed by atoms with Crippen molar-refractivity contribution in [3.63, 3.8) is 0 Å². The van der Waals surface area contributed by atoms with Crippen LogP contribution in [0.1, 0.15) is 25.6 Å². The molecule has 106 valence electrons. The lowest BCUT2D eigenvalue weighted by atomic mass is 10.1. The van der Waals surface area contributed by atoms with Gasteiger partial charge in [-0.25, -0.2) is 14.8 Å². The van der Waals surface area contributed by atoms with Gasteiger partial charge in [0.05, 0.1) is 5.69 Å². The summed E-state index contributed by atoms with van der Waals surface area (Å²) in [5.41, 5.74) is 2.31. The highest BCUT2D eigenvalue weighted by Crippen LogP contribution is 2.23. The van der Waals surface area contributed by atoms with Gasteiger partial charge in [0.25, 0.3) is 0 Å². The first-order valence-electron chi connectivity index (χ1n) is 6.64. The minimum Gasteiger partial charge on any atom is -0.321 e. The summed E-state index contributed by atoms with van der Waals surface area (Å²) in [4.78, 5) is 23.8. The molecule has 3 rings (SSSR count). The highest BCUT2D eigenvalue weighted by Gasteiger charge is 2.13. The largest absolute Gasteiger partial charge is 0.460 e. The molecule has 0 bridgehead atoms. The maximum Gasteiger partial charge on any atom is 0.460 e. The Kier molecular flexibility index (Phi) is 3.35. The molecule has 2 aromatic heterocycles. The third-order valence-corrected chi connectivity index (χ3v) is 3.01. The highest BCUT2D eigenvalue weighted by molar-refractivity contribution is 5.64. The number of hydrogen-bond donors (Lipinski definition) is 1. The third-order valence-electron chi connectivity index (χ3n) is 3.01. The summed E-state index contributed by atoms with van der Waals surface area (Å²) in [6, 6.07) is 11.6. The van der Waals surface area contributed by atoms with Crippen LogP contribution in [0.25, 0.3) is 22.8 Å². The van der Waals surface area contributed by atoms with Crippen LogP contribution < -0.4 is 5.76 Å². The average molecular weight is 282 g/mol. The van der Waals surface area contributed by atoms with E-state index in [0.717, 1.165) is 11.3 Å². The fourth-order valence-electron chi connectivity index (χ4n) is 1.94. The Balaban J connectivity index is 2.17. The molecule has 1 N–H and O–H groups in total. The van der Waals surface area contributed by atoms with Crippen LogP contribution in [0.15, 0.2) is 45.7 Å². The second kappa shape index (κ2) is 5.32. The van der Waals surface area contributed by atoms with Crippen molar-refractivity contribution in [2.45, 2.75) is 19.8 Å². The van der Waals surface area contributed by atoms with Gasteiger partial charge in [-0.15, -0.1) is 0 Å². The molecule has 0 aliphatic heterocycles. The second-order valence-electron chi connectivity index (χ2n) is 4.95. The molecular formula is C15H14N4O2. The lowest BCUT2D eigenvalue weighted by Gasteiger charge is -2.09. The fourth-order valence-corrected chi connectivity index (χ4v) is 1.94. The quantitative estimate of drug-likeness (QED) is 0.798. The number of benzene rings is 1. The maximum atomic E-state index is 11.1. The minimum atomic E-state index is -0.670. The van der Waals surface area contributed by atoms with E-state index in [0.29, 0.717) is 17.3 Å². The van der Waals surface area contributed by atoms with Gasteiger partial charge in [0.1, 0.15) is 11.5 Å². The van der Waals surface area contributed by atoms with Gasteiger partial charge in [-0.2, -0.15) is 10.1 Å². The van der Waals surface area contributed by atoms with Crippen molar-refractivity contribution in [3.05, 3.63) is 52.8 Å². The van der Waals surface area contributed by atoms with E-state index in [1.54, 1.807) is 6.07 Å². The van der Waals surface area contributed by atoms with Crippen LogP contribution in [0.5, 0.6) is 0 Å². The number of hydrogen-bond acceptors (Lipinski definition) is 5. The Morgan fingerprint density at radius 2 is 1.76 bits per heavy atom. The van der Waals surface area contributed by atoms with Crippen LogP contribution in [-0.2, 0) is 0 Å². The fraction of sp³-hybridized carbons (Fsp3) is 0.200. The van der Waals surface area contributed by atoms with Gasteiger partial charge in [-0.1, -0.05) is 44.2 Å². The van der Waals surface area contributed by atoms with Gasteiger partial charge in [-0.05, 0) is 6.07 Å². The SMILES string of the molecule is CC(C)c1nc(-c2ccccc2)cc(-c2nc(=O)o[nH]2)n1. The number of nitrogens with zero attached hydrogens (tertiary/aromatic N) is 3. The van der Waals surface area contributed by atoms with E-state index in [1.807, 2.05) is 44.2 Å². The van der Waals surface area contributed by atoms with E-state index in [9.17, 15) is 4.79 Å². The van der Waals surface area contributed by atoms with Crippen molar-refractivity contribution in [1.29, 1.82) is 0 Å². The van der Waals surface area contributed by atoms with Crippen LogP contribution in [0, 0.1) is 0 Å². The van der Waals surface area contributed by atoms with E-state index < -0.39 is 5.76 Å². The molecule has 0 amide bonds. The predicted molar refractivity (Wildman–Crippen MR) is 77.7 cm³/mol. The van der Waals surface area contributed by atoms with Gasteiger partial charge < -0.3 is 4.52 Å². The first-order valence-corrected chi connectivity index (χ1v) is 6.64. The number of aromatic nitrogens is 4. The number of aromatic amines is 1. The lowest BCUT2D eigenvalue weighted by Crippen LogP contribution is -2.02. The Morgan fingerprint density at radius 3 is 2.38 bits per heavy atom. The van der Waals surface area contributed by atoms with Gasteiger partial charge in [0.2, 0.25) is 0 Å². The van der Waals surface area contributed by atoms with Crippen LogP contribution in [0.4, 0.5) is 0 Å². The molecule has 0 atom stereocenters. The molecule has 0 aliphatic rings. The van der Waals surface area contributed by atoms with Gasteiger partial charge in [-0.3, -0.25) is 0 Å². The zero-order valence-corrected chi connectivity index (χ0v) is 11.7. The summed E-state index contributed by atoms with van der Waals surface area (Å²) >= 11 is 0. The molecule has 0 radical (unpaired) electrons. The predicted octanol–water partition coefficient (Wildman–Crippen LogP) is 2.61. The summed E-state index contributed by atoms with van der Waals surface area (Å²) in [5, 5.41) is 2.48. The molecule has 2 heterocycles. The summed E-state index contributed by atoms with van der Waals surface area (Å²) in [6.07, 6.45) is 0. The zero-order chi connectivity index (χ0) is 14.8. The highest BCUT2D eigenvalue weighted by atomic mass is 16.5. The van der Waals surface area contributed by atoms with Gasteiger partial charge in [0, 0.05) is 11.5 Å². The van der Waals surface area contributed by atoms with Crippen molar-refractivity contribution in [2.75, 3.05) is 0 Å². The molecule has 3 aromatic rings. The molecule has 1 aromatic carbocycles. The number of rotatable bonds is 3. The van der Waals surface area contributed by atoms with Crippen molar-refractivity contribution in [2.24, 2.45) is 0 Å². The van der Waals surface area contributed by atoms with E-state index in [-0.39, 0.29) is 5.92 Å². The number of nitrogens with one attached hydrogen (secondary N) is 1. The molecule has 21 heavy (non-hydrogen) atoms. The summed E-state index contributed by atoms with van der Waals surface area (Å²) in [6.45, 7) is 4.03. The van der Waals surface area contributed by atoms with Crippen molar-refractivity contribution in [1.82, 2.24) is 20.1 Å². The molecule has 0 saturated heterocycles. The minimum absolute atomic E-state index is 0.158. The first-order chi connectivity index (χ1) is 10.1.